The monoisotopic (exact) mass is 390 g/mol. The SMILES string of the molecule is Oc1ccc(C(c2ccc(C3CCCCC3)cc2)c2ccc(O)cc2O)c(O)c1. The van der Waals surface area contributed by atoms with Crippen molar-refractivity contribution < 1.29 is 20.4 Å². The van der Waals surface area contributed by atoms with E-state index in [0.29, 0.717) is 17.0 Å². The van der Waals surface area contributed by atoms with Gasteiger partial charge in [-0.3, -0.25) is 0 Å². The molecule has 0 aliphatic heterocycles. The molecule has 1 aliphatic rings. The van der Waals surface area contributed by atoms with E-state index >= 15 is 0 Å². The number of phenolic OH excluding ortho intramolecular Hbond substituents is 4. The average Bonchev–Trinajstić information content (AvgIpc) is 2.72. The van der Waals surface area contributed by atoms with Crippen molar-refractivity contribution in [2.45, 2.75) is 43.9 Å². The minimum atomic E-state index is -0.434. The third-order valence-corrected chi connectivity index (χ3v) is 6.00. The number of aromatic hydroxyl groups is 4. The van der Waals surface area contributed by atoms with Gasteiger partial charge in [0, 0.05) is 29.2 Å². The summed E-state index contributed by atoms with van der Waals surface area (Å²) in [5.74, 6) is 0.0369. The lowest BCUT2D eigenvalue weighted by Crippen LogP contribution is -2.07. The number of phenols is 4. The Bertz CT molecular complexity index is 937. The van der Waals surface area contributed by atoms with Gasteiger partial charge in [-0.15, -0.1) is 0 Å². The van der Waals surface area contributed by atoms with Crippen LogP contribution in [0.15, 0.2) is 60.7 Å². The molecule has 1 saturated carbocycles. The lowest BCUT2D eigenvalue weighted by Gasteiger charge is -2.24. The highest BCUT2D eigenvalue weighted by molar-refractivity contribution is 5.55. The Morgan fingerprint density at radius 1 is 0.621 bits per heavy atom. The van der Waals surface area contributed by atoms with E-state index in [1.165, 1.54) is 61.9 Å². The fourth-order valence-corrected chi connectivity index (χ4v) is 4.48. The summed E-state index contributed by atoms with van der Waals surface area (Å²) in [7, 11) is 0. The Labute approximate surface area is 170 Å². The number of hydrogen-bond donors (Lipinski definition) is 4. The van der Waals surface area contributed by atoms with Crippen LogP contribution in [-0.2, 0) is 0 Å². The molecule has 0 saturated heterocycles. The van der Waals surface area contributed by atoms with Gasteiger partial charge in [0.2, 0.25) is 0 Å². The molecule has 4 N–H and O–H groups in total. The summed E-state index contributed by atoms with van der Waals surface area (Å²) in [4.78, 5) is 0. The van der Waals surface area contributed by atoms with Crippen LogP contribution in [0.5, 0.6) is 23.0 Å². The van der Waals surface area contributed by atoms with Crippen molar-refractivity contribution in [3.8, 4) is 23.0 Å². The van der Waals surface area contributed by atoms with Crippen LogP contribution >= 0.6 is 0 Å². The third kappa shape index (κ3) is 4.02. The molecule has 4 nitrogen and oxygen atoms in total. The Morgan fingerprint density at radius 3 is 1.62 bits per heavy atom. The van der Waals surface area contributed by atoms with E-state index in [4.69, 9.17) is 0 Å². The van der Waals surface area contributed by atoms with Crippen LogP contribution in [0.1, 0.15) is 66.2 Å². The first-order chi connectivity index (χ1) is 14.0. The smallest absolute Gasteiger partial charge is 0.123 e. The zero-order valence-electron chi connectivity index (χ0n) is 16.3. The summed E-state index contributed by atoms with van der Waals surface area (Å²) < 4.78 is 0. The van der Waals surface area contributed by atoms with Gasteiger partial charge in [-0.05, 0) is 42.0 Å². The summed E-state index contributed by atoms with van der Waals surface area (Å²) in [5.41, 5.74) is 3.41. The van der Waals surface area contributed by atoms with E-state index in [-0.39, 0.29) is 23.0 Å². The van der Waals surface area contributed by atoms with Gasteiger partial charge in [0.15, 0.2) is 0 Å². The van der Waals surface area contributed by atoms with Crippen molar-refractivity contribution in [3.05, 3.63) is 82.9 Å². The summed E-state index contributed by atoms with van der Waals surface area (Å²) in [6, 6.07) is 17.4. The van der Waals surface area contributed by atoms with Gasteiger partial charge in [0.05, 0.1) is 0 Å². The molecule has 0 atom stereocenters. The van der Waals surface area contributed by atoms with Crippen LogP contribution in [0.3, 0.4) is 0 Å². The molecule has 1 fully saturated rings. The molecule has 0 radical (unpaired) electrons. The fraction of sp³-hybridized carbons (Fsp3) is 0.280. The summed E-state index contributed by atoms with van der Waals surface area (Å²) >= 11 is 0. The fourth-order valence-electron chi connectivity index (χ4n) is 4.48. The third-order valence-electron chi connectivity index (χ3n) is 6.00. The van der Waals surface area contributed by atoms with Crippen molar-refractivity contribution in [1.82, 2.24) is 0 Å². The van der Waals surface area contributed by atoms with Crippen LogP contribution in [0, 0.1) is 0 Å². The largest absolute Gasteiger partial charge is 0.508 e. The molecule has 0 heterocycles. The van der Waals surface area contributed by atoms with Crippen molar-refractivity contribution in [3.63, 3.8) is 0 Å². The molecular formula is C25H26O4. The molecular weight excluding hydrogens is 364 g/mol. The van der Waals surface area contributed by atoms with E-state index in [1.54, 1.807) is 12.1 Å². The summed E-state index contributed by atoms with van der Waals surface area (Å²) in [6.45, 7) is 0. The number of rotatable bonds is 4. The minimum absolute atomic E-state index is 0.0208. The molecule has 0 spiro atoms. The highest BCUT2D eigenvalue weighted by Gasteiger charge is 2.24. The lowest BCUT2D eigenvalue weighted by molar-refractivity contribution is 0.439. The molecule has 4 heteroatoms. The average molecular weight is 390 g/mol. The maximum absolute atomic E-state index is 10.5. The normalized spacial score (nSPS) is 14.9. The van der Waals surface area contributed by atoms with Gasteiger partial charge in [0.25, 0.3) is 0 Å². The van der Waals surface area contributed by atoms with E-state index < -0.39 is 5.92 Å². The van der Waals surface area contributed by atoms with Crippen molar-refractivity contribution in [2.24, 2.45) is 0 Å². The molecule has 3 aromatic rings. The predicted molar refractivity (Wildman–Crippen MR) is 113 cm³/mol. The topological polar surface area (TPSA) is 80.9 Å². The molecule has 0 aromatic heterocycles. The Morgan fingerprint density at radius 2 is 1.14 bits per heavy atom. The van der Waals surface area contributed by atoms with Crippen molar-refractivity contribution in [2.75, 3.05) is 0 Å². The maximum Gasteiger partial charge on any atom is 0.123 e. The second kappa shape index (κ2) is 8.08. The van der Waals surface area contributed by atoms with E-state index in [1.807, 2.05) is 12.1 Å². The maximum atomic E-state index is 10.5. The van der Waals surface area contributed by atoms with Crippen LogP contribution in [0.4, 0.5) is 0 Å². The van der Waals surface area contributed by atoms with E-state index in [9.17, 15) is 20.4 Å². The Hall–Kier alpha value is -3.14. The Kier molecular flexibility index (Phi) is 5.34. The zero-order valence-corrected chi connectivity index (χ0v) is 16.3. The molecule has 1 aliphatic carbocycles. The molecule has 0 unspecified atom stereocenters. The van der Waals surface area contributed by atoms with Crippen molar-refractivity contribution >= 4 is 0 Å². The lowest BCUT2D eigenvalue weighted by atomic mass is 9.81. The van der Waals surface area contributed by atoms with Crippen LogP contribution < -0.4 is 0 Å². The van der Waals surface area contributed by atoms with Gasteiger partial charge in [-0.1, -0.05) is 55.7 Å². The first kappa shape index (κ1) is 19.2. The van der Waals surface area contributed by atoms with Crippen LogP contribution in [0.2, 0.25) is 0 Å². The highest BCUT2D eigenvalue weighted by Crippen LogP contribution is 2.43. The van der Waals surface area contributed by atoms with Gasteiger partial charge in [0.1, 0.15) is 23.0 Å². The molecule has 3 aromatic carbocycles. The quantitative estimate of drug-likeness (QED) is 0.428. The van der Waals surface area contributed by atoms with Gasteiger partial charge >= 0.3 is 0 Å². The van der Waals surface area contributed by atoms with Crippen LogP contribution in [0.25, 0.3) is 0 Å². The second-order valence-corrected chi connectivity index (χ2v) is 7.92. The number of hydrogen-bond acceptors (Lipinski definition) is 4. The molecule has 0 amide bonds. The van der Waals surface area contributed by atoms with Gasteiger partial charge in [-0.2, -0.15) is 0 Å². The van der Waals surface area contributed by atoms with E-state index in [0.717, 1.165) is 5.56 Å². The second-order valence-electron chi connectivity index (χ2n) is 7.92. The number of benzene rings is 3. The van der Waals surface area contributed by atoms with Gasteiger partial charge in [-0.25, -0.2) is 0 Å². The molecule has 29 heavy (non-hydrogen) atoms. The zero-order chi connectivity index (χ0) is 20.4. The highest BCUT2D eigenvalue weighted by atomic mass is 16.3. The minimum Gasteiger partial charge on any atom is -0.508 e. The standard InChI is InChI=1S/C25H26O4/c26-19-10-12-21(23(28)14-19)25(22-13-11-20(27)15-24(22)29)18-8-6-17(7-9-18)16-4-2-1-3-5-16/h6-16,25-29H,1-5H2. The molecule has 4 rings (SSSR count). The molecule has 0 bridgehead atoms. The molecule has 150 valence electrons. The Balaban J connectivity index is 1.77. The predicted octanol–water partition coefficient (Wildman–Crippen LogP) is 5.74. The first-order valence-electron chi connectivity index (χ1n) is 10.2. The van der Waals surface area contributed by atoms with Crippen LogP contribution in [-0.4, -0.2) is 20.4 Å². The van der Waals surface area contributed by atoms with Gasteiger partial charge < -0.3 is 20.4 Å². The van der Waals surface area contributed by atoms with E-state index in [2.05, 4.69) is 12.1 Å². The first-order valence-corrected chi connectivity index (χ1v) is 10.2. The summed E-state index contributed by atoms with van der Waals surface area (Å²) in [6.07, 6.45) is 6.31. The van der Waals surface area contributed by atoms with Crippen molar-refractivity contribution in [1.29, 1.82) is 0 Å². The summed E-state index contributed by atoms with van der Waals surface area (Å²) in [5, 5.41) is 40.4.